The SMILES string of the molecule is CC[C@@H](C)c1ccc2nc(NC(=O)CCl)sc2c1. The molecule has 0 aliphatic rings. The maximum Gasteiger partial charge on any atom is 0.241 e. The zero-order valence-corrected chi connectivity index (χ0v) is 11.9. The number of aromatic nitrogens is 1. The van der Waals surface area contributed by atoms with E-state index in [4.69, 9.17) is 11.6 Å². The van der Waals surface area contributed by atoms with Crippen molar-refractivity contribution in [3.63, 3.8) is 0 Å². The predicted octanol–water partition coefficient (Wildman–Crippen LogP) is 3.99. The second-order valence-electron chi connectivity index (χ2n) is 4.24. The number of thiazole rings is 1. The number of hydrogen-bond acceptors (Lipinski definition) is 3. The van der Waals surface area contributed by atoms with Crippen LogP contribution in [0.2, 0.25) is 0 Å². The average molecular weight is 283 g/mol. The molecule has 0 radical (unpaired) electrons. The Morgan fingerprint density at radius 1 is 1.56 bits per heavy atom. The Kier molecular flexibility index (Phi) is 4.19. The Morgan fingerprint density at radius 3 is 3.00 bits per heavy atom. The van der Waals surface area contributed by atoms with Crippen molar-refractivity contribution in [1.82, 2.24) is 4.98 Å². The van der Waals surface area contributed by atoms with Crippen molar-refractivity contribution in [1.29, 1.82) is 0 Å². The van der Waals surface area contributed by atoms with Crippen LogP contribution in [0.5, 0.6) is 0 Å². The number of halogens is 1. The van der Waals surface area contributed by atoms with Gasteiger partial charge in [-0.2, -0.15) is 0 Å². The Bertz CT molecular complexity index is 567. The van der Waals surface area contributed by atoms with Gasteiger partial charge in [-0.1, -0.05) is 31.3 Å². The molecule has 0 fully saturated rings. The number of alkyl halides is 1. The molecule has 96 valence electrons. The van der Waals surface area contributed by atoms with Crippen LogP contribution in [0.25, 0.3) is 10.2 Å². The van der Waals surface area contributed by atoms with E-state index in [-0.39, 0.29) is 11.8 Å². The van der Waals surface area contributed by atoms with E-state index in [2.05, 4.69) is 36.3 Å². The summed E-state index contributed by atoms with van der Waals surface area (Å²) in [5.74, 6) is 0.267. The fraction of sp³-hybridized carbons (Fsp3) is 0.385. The van der Waals surface area contributed by atoms with Crippen molar-refractivity contribution in [2.24, 2.45) is 0 Å². The number of nitrogens with zero attached hydrogens (tertiary/aromatic N) is 1. The molecule has 1 aromatic carbocycles. The Morgan fingerprint density at radius 2 is 2.33 bits per heavy atom. The second-order valence-corrected chi connectivity index (χ2v) is 5.54. The minimum atomic E-state index is -0.224. The van der Waals surface area contributed by atoms with Crippen molar-refractivity contribution >= 4 is 44.2 Å². The zero-order valence-electron chi connectivity index (χ0n) is 10.4. The number of hydrogen-bond donors (Lipinski definition) is 1. The van der Waals surface area contributed by atoms with Crippen molar-refractivity contribution in [3.05, 3.63) is 23.8 Å². The van der Waals surface area contributed by atoms with Gasteiger partial charge in [0.1, 0.15) is 5.88 Å². The van der Waals surface area contributed by atoms with Crippen LogP contribution in [0.15, 0.2) is 18.2 Å². The molecule has 2 aromatic rings. The van der Waals surface area contributed by atoms with Gasteiger partial charge in [0.2, 0.25) is 5.91 Å². The third kappa shape index (κ3) is 2.82. The molecule has 0 saturated carbocycles. The smallest absolute Gasteiger partial charge is 0.241 e. The minimum Gasteiger partial charge on any atom is -0.301 e. The van der Waals surface area contributed by atoms with Crippen molar-refractivity contribution in [3.8, 4) is 0 Å². The van der Waals surface area contributed by atoms with Gasteiger partial charge in [0.25, 0.3) is 0 Å². The third-order valence-corrected chi connectivity index (χ3v) is 4.14. The standard InChI is InChI=1S/C13H15ClN2OS/c1-3-8(2)9-4-5-10-11(6-9)18-13(15-10)16-12(17)7-14/h4-6,8H,3,7H2,1-2H3,(H,15,16,17)/t8-/m1/s1. The van der Waals surface area contributed by atoms with Crippen LogP contribution < -0.4 is 5.32 Å². The molecule has 1 aromatic heterocycles. The first-order valence-corrected chi connectivity index (χ1v) is 7.25. The quantitative estimate of drug-likeness (QED) is 0.862. The van der Waals surface area contributed by atoms with Crippen LogP contribution >= 0.6 is 22.9 Å². The number of anilines is 1. The summed E-state index contributed by atoms with van der Waals surface area (Å²) in [4.78, 5) is 15.6. The molecule has 2 rings (SSSR count). The van der Waals surface area contributed by atoms with Crippen LogP contribution in [0.1, 0.15) is 31.7 Å². The predicted molar refractivity (Wildman–Crippen MR) is 77.7 cm³/mol. The molecular formula is C13H15ClN2OS. The highest BCUT2D eigenvalue weighted by atomic mass is 35.5. The molecule has 1 atom stereocenters. The van der Waals surface area contributed by atoms with Gasteiger partial charge in [-0.15, -0.1) is 11.6 Å². The van der Waals surface area contributed by atoms with E-state index >= 15 is 0 Å². The summed E-state index contributed by atoms with van der Waals surface area (Å²) in [6, 6.07) is 6.25. The average Bonchev–Trinajstić information content (AvgIpc) is 2.78. The van der Waals surface area contributed by atoms with Crippen LogP contribution in [0, 0.1) is 0 Å². The third-order valence-electron chi connectivity index (χ3n) is 2.96. The van der Waals surface area contributed by atoms with Gasteiger partial charge in [0.05, 0.1) is 10.2 Å². The first-order chi connectivity index (χ1) is 8.63. The number of amides is 1. The molecule has 1 amide bonds. The van der Waals surface area contributed by atoms with Crippen molar-refractivity contribution in [2.75, 3.05) is 11.2 Å². The molecule has 0 saturated heterocycles. The summed E-state index contributed by atoms with van der Waals surface area (Å²) in [7, 11) is 0. The highest BCUT2D eigenvalue weighted by Crippen LogP contribution is 2.29. The molecule has 0 unspecified atom stereocenters. The first kappa shape index (κ1) is 13.3. The molecule has 0 aliphatic heterocycles. The summed E-state index contributed by atoms with van der Waals surface area (Å²) >= 11 is 6.93. The van der Waals surface area contributed by atoms with E-state index in [0.29, 0.717) is 11.0 Å². The first-order valence-electron chi connectivity index (χ1n) is 5.90. The van der Waals surface area contributed by atoms with E-state index in [1.54, 1.807) is 0 Å². The van der Waals surface area contributed by atoms with Gasteiger partial charge in [-0.25, -0.2) is 4.98 Å². The number of carbonyl (C=O) groups is 1. The molecular weight excluding hydrogens is 268 g/mol. The fourth-order valence-corrected chi connectivity index (χ4v) is 2.69. The highest BCUT2D eigenvalue weighted by molar-refractivity contribution is 7.22. The highest BCUT2D eigenvalue weighted by Gasteiger charge is 2.09. The minimum absolute atomic E-state index is 0.0476. The number of rotatable bonds is 4. The topological polar surface area (TPSA) is 42.0 Å². The number of benzene rings is 1. The lowest BCUT2D eigenvalue weighted by Crippen LogP contribution is -2.11. The summed E-state index contributed by atoms with van der Waals surface area (Å²) in [5, 5.41) is 3.29. The van der Waals surface area contributed by atoms with E-state index in [0.717, 1.165) is 16.6 Å². The van der Waals surface area contributed by atoms with Gasteiger partial charge in [0.15, 0.2) is 5.13 Å². The number of carbonyl (C=O) groups excluding carboxylic acids is 1. The number of fused-ring (bicyclic) bond motifs is 1. The molecule has 0 spiro atoms. The van der Waals surface area contributed by atoms with Crippen LogP contribution in [0.4, 0.5) is 5.13 Å². The van der Waals surface area contributed by atoms with E-state index in [1.165, 1.54) is 16.9 Å². The largest absolute Gasteiger partial charge is 0.301 e. The van der Waals surface area contributed by atoms with Gasteiger partial charge >= 0.3 is 0 Å². The number of nitrogens with one attached hydrogen (secondary N) is 1. The lowest BCUT2D eigenvalue weighted by molar-refractivity contribution is -0.113. The second kappa shape index (κ2) is 5.67. The van der Waals surface area contributed by atoms with Gasteiger partial charge in [0, 0.05) is 0 Å². The fourth-order valence-electron chi connectivity index (χ4n) is 1.69. The van der Waals surface area contributed by atoms with Crippen LogP contribution in [0.3, 0.4) is 0 Å². The van der Waals surface area contributed by atoms with Crippen molar-refractivity contribution < 1.29 is 4.79 Å². The van der Waals surface area contributed by atoms with Gasteiger partial charge in [-0.05, 0) is 30.0 Å². The van der Waals surface area contributed by atoms with Crippen LogP contribution in [-0.2, 0) is 4.79 Å². The van der Waals surface area contributed by atoms with Crippen molar-refractivity contribution in [2.45, 2.75) is 26.2 Å². The molecule has 18 heavy (non-hydrogen) atoms. The lowest BCUT2D eigenvalue weighted by Gasteiger charge is -2.07. The Hall–Kier alpha value is -1.13. The van der Waals surface area contributed by atoms with Crippen LogP contribution in [-0.4, -0.2) is 16.8 Å². The summed E-state index contributed by atoms with van der Waals surface area (Å²) < 4.78 is 1.10. The molecule has 5 heteroatoms. The maximum atomic E-state index is 11.2. The normalized spacial score (nSPS) is 12.6. The Balaban J connectivity index is 2.30. The maximum absolute atomic E-state index is 11.2. The zero-order chi connectivity index (χ0) is 13.1. The molecule has 1 heterocycles. The summed E-state index contributed by atoms with van der Waals surface area (Å²) in [5.41, 5.74) is 2.22. The van der Waals surface area contributed by atoms with E-state index in [1.807, 2.05) is 6.07 Å². The molecule has 0 bridgehead atoms. The molecule has 1 N–H and O–H groups in total. The molecule has 3 nitrogen and oxygen atoms in total. The molecule has 0 aliphatic carbocycles. The summed E-state index contributed by atoms with van der Waals surface area (Å²) in [6.07, 6.45) is 1.11. The Labute approximate surface area is 115 Å². The van der Waals surface area contributed by atoms with E-state index < -0.39 is 0 Å². The lowest BCUT2D eigenvalue weighted by atomic mass is 9.99. The summed E-state index contributed by atoms with van der Waals surface area (Å²) in [6.45, 7) is 4.38. The van der Waals surface area contributed by atoms with Gasteiger partial charge in [-0.3, -0.25) is 4.79 Å². The monoisotopic (exact) mass is 282 g/mol. The van der Waals surface area contributed by atoms with E-state index in [9.17, 15) is 4.79 Å². The van der Waals surface area contributed by atoms with Gasteiger partial charge < -0.3 is 5.32 Å².